The molecule has 3 aromatic rings. The molecule has 0 aliphatic carbocycles. The van der Waals surface area contributed by atoms with Crippen LogP contribution in [0.3, 0.4) is 0 Å². The Kier molecular flexibility index (Phi) is 8.36. The summed E-state index contributed by atoms with van der Waals surface area (Å²) in [5.74, 6) is -0.284. The molecule has 1 aromatic heterocycles. The smallest absolute Gasteiger partial charge is 0.253 e. The van der Waals surface area contributed by atoms with Crippen molar-refractivity contribution in [1.82, 2.24) is 15.2 Å². The molecule has 0 bridgehead atoms. The van der Waals surface area contributed by atoms with Gasteiger partial charge in [-0.25, -0.2) is 4.39 Å². The third kappa shape index (κ3) is 6.37. The number of halogens is 1. The van der Waals surface area contributed by atoms with Crippen LogP contribution in [0.4, 0.5) is 4.39 Å². The molecular weight excluding hydrogens is 425 g/mol. The third-order valence-electron chi connectivity index (χ3n) is 5.25. The second-order valence-corrected chi connectivity index (χ2v) is 8.32. The zero-order chi connectivity index (χ0) is 23.1. The minimum atomic E-state index is -0.284. The van der Waals surface area contributed by atoms with Gasteiger partial charge in [0, 0.05) is 31.9 Å². The Balaban J connectivity index is 1.83. The number of nitrogens with zero attached hydrogens (tertiary/aromatic N) is 1. The van der Waals surface area contributed by atoms with Crippen LogP contribution in [0.25, 0.3) is 10.9 Å². The topological polar surface area (TPSA) is 57.4 Å². The molecule has 0 aliphatic rings. The molecule has 0 aliphatic heterocycles. The van der Waals surface area contributed by atoms with Crippen molar-refractivity contribution >= 4 is 28.2 Å². The maximum Gasteiger partial charge on any atom is 0.253 e. The van der Waals surface area contributed by atoms with E-state index in [4.69, 9.17) is 17.0 Å². The molecule has 32 heavy (non-hydrogen) atoms. The standard InChI is InChI=1S/C25H30FN3O2S/c1-4-31-11-5-10-27-25(32)29(15-19-6-8-22(26)9-7-19)16-21-14-20-13-17(2)12-18(3)23(20)28-24(21)30/h6-9,12-14H,4-5,10-11,15-16H2,1-3H3,(H,27,32)(H,28,30). The number of aromatic amines is 1. The number of aryl methyl sites for hydroxylation is 2. The number of nitrogens with one attached hydrogen (secondary N) is 2. The van der Waals surface area contributed by atoms with Crippen molar-refractivity contribution in [3.63, 3.8) is 0 Å². The van der Waals surface area contributed by atoms with E-state index in [0.29, 0.717) is 43.5 Å². The van der Waals surface area contributed by atoms with Gasteiger partial charge in [0.15, 0.2) is 5.11 Å². The number of benzene rings is 2. The monoisotopic (exact) mass is 455 g/mol. The van der Waals surface area contributed by atoms with Gasteiger partial charge in [-0.05, 0) is 80.2 Å². The number of hydrogen-bond acceptors (Lipinski definition) is 3. The first-order chi connectivity index (χ1) is 15.4. The van der Waals surface area contributed by atoms with E-state index in [-0.39, 0.29) is 11.4 Å². The summed E-state index contributed by atoms with van der Waals surface area (Å²) in [4.78, 5) is 17.8. The fraction of sp³-hybridized carbons (Fsp3) is 0.360. The molecule has 0 unspecified atom stereocenters. The molecule has 5 nitrogen and oxygen atoms in total. The molecule has 0 spiro atoms. The number of fused-ring (bicyclic) bond motifs is 1. The van der Waals surface area contributed by atoms with Crippen LogP contribution in [0.5, 0.6) is 0 Å². The van der Waals surface area contributed by atoms with Crippen LogP contribution in [-0.4, -0.2) is 34.8 Å². The number of hydrogen-bond donors (Lipinski definition) is 2. The van der Waals surface area contributed by atoms with E-state index in [1.165, 1.54) is 12.1 Å². The van der Waals surface area contributed by atoms with Gasteiger partial charge >= 0.3 is 0 Å². The molecule has 0 radical (unpaired) electrons. The lowest BCUT2D eigenvalue weighted by Gasteiger charge is -2.26. The largest absolute Gasteiger partial charge is 0.382 e. The first kappa shape index (κ1) is 23.9. The second-order valence-electron chi connectivity index (χ2n) is 7.93. The first-order valence-electron chi connectivity index (χ1n) is 10.9. The lowest BCUT2D eigenvalue weighted by atomic mass is 10.1. The maximum absolute atomic E-state index is 13.4. The number of thiocarbonyl (C=S) groups is 1. The molecule has 0 atom stereocenters. The summed E-state index contributed by atoms with van der Waals surface area (Å²) in [6, 6.07) is 12.4. The zero-order valence-corrected chi connectivity index (χ0v) is 19.7. The third-order valence-corrected chi connectivity index (χ3v) is 5.65. The minimum absolute atomic E-state index is 0.132. The molecule has 7 heteroatoms. The summed E-state index contributed by atoms with van der Waals surface area (Å²) in [5.41, 5.74) is 4.44. The Morgan fingerprint density at radius 1 is 1.16 bits per heavy atom. The molecule has 170 valence electrons. The molecule has 3 rings (SSSR count). The van der Waals surface area contributed by atoms with Gasteiger partial charge in [-0.15, -0.1) is 0 Å². The molecule has 0 saturated heterocycles. The van der Waals surface area contributed by atoms with E-state index in [1.54, 1.807) is 12.1 Å². The minimum Gasteiger partial charge on any atom is -0.382 e. The van der Waals surface area contributed by atoms with Crippen molar-refractivity contribution in [3.05, 3.63) is 80.9 Å². The normalized spacial score (nSPS) is 11.0. The van der Waals surface area contributed by atoms with E-state index in [0.717, 1.165) is 34.0 Å². The van der Waals surface area contributed by atoms with Gasteiger partial charge < -0.3 is 19.9 Å². The van der Waals surface area contributed by atoms with E-state index in [9.17, 15) is 9.18 Å². The van der Waals surface area contributed by atoms with Crippen molar-refractivity contribution < 1.29 is 9.13 Å². The van der Waals surface area contributed by atoms with E-state index in [2.05, 4.69) is 22.4 Å². The van der Waals surface area contributed by atoms with Crippen LogP contribution in [0.15, 0.2) is 47.3 Å². The Bertz CT molecular complexity index is 1130. The van der Waals surface area contributed by atoms with Gasteiger partial charge in [-0.2, -0.15) is 0 Å². The summed E-state index contributed by atoms with van der Waals surface area (Å²) >= 11 is 5.65. The molecule has 0 saturated carbocycles. The Morgan fingerprint density at radius 2 is 1.91 bits per heavy atom. The van der Waals surface area contributed by atoms with E-state index < -0.39 is 0 Å². The van der Waals surface area contributed by atoms with Gasteiger partial charge in [0.05, 0.1) is 12.1 Å². The zero-order valence-electron chi connectivity index (χ0n) is 18.8. The van der Waals surface area contributed by atoms with Crippen LogP contribution in [0.2, 0.25) is 0 Å². The van der Waals surface area contributed by atoms with Crippen LogP contribution in [0, 0.1) is 19.7 Å². The summed E-state index contributed by atoms with van der Waals surface area (Å²) in [6.45, 7) is 8.82. The number of H-pyrrole nitrogens is 1. The predicted molar refractivity (Wildman–Crippen MR) is 131 cm³/mol. The lowest BCUT2D eigenvalue weighted by molar-refractivity contribution is 0.145. The number of aromatic nitrogens is 1. The quantitative estimate of drug-likeness (QED) is 0.365. The van der Waals surface area contributed by atoms with Gasteiger partial charge in [-0.1, -0.05) is 23.8 Å². The number of pyridine rings is 1. The van der Waals surface area contributed by atoms with Crippen molar-refractivity contribution in [1.29, 1.82) is 0 Å². The average Bonchev–Trinajstić information content (AvgIpc) is 2.75. The van der Waals surface area contributed by atoms with Crippen molar-refractivity contribution in [2.75, 3.05) is 19.8 Å². The van der Waals surface area contributed by atoms with Gasteiger partial charge in [0.2, 0.25) is 0 Å². The fourth-order valence-corrected chi connectivity index (χ4v) is 3.92. The summed E-state index contributed by atoms with van der Waals surface area (Å²) in [6.07, 6.45) is 0.827. The predicted octanol–water partition coefficient (Wildman–Crippen LogP) is 4.59. The Labute approximate surface area is 193 Å². The van der Waals surface area contributed by atoms with Crippen LogP contribution in [-0.2, 0) is 17.8 Å². The fourth-order valence-electron chi connectivity index (χ4n) is 3.69. The van der Waals surface area contributed by atoms with Gasteiger partial charge in [-0.3, -0.25) is 4.79 Å². The van der Waals surface area contributed by atoms with Crippen LogP contribution >= 0.6 is 12.2 Å². The molecule has 1 heterocycles. The highest BCUT2D eigenvalue weighted by molar-refractivity contribution is 7.80. The molecule has 0 fully saturated rings. The number of rotatable bonds is 9. The SMILES string of the molecule is CCOCCCNC(=S)N(Cc1ccc(F)cc1)Cc1cc2cc(C)cc(C)c2[nH]c1=O. The second kappa shape index (κ2) is 11.2. The lowest BCUT2D eigenvalue weighted by Crippen LogP contribution is -2.40. The summed E-state index contributed by atoms with van der Waals surface area (Å²) < 4.78 is 18.7. The highest BCUT2D eigenvalue weighted by Gasteiger charge is 2.15. The van der Waals surface area contributed by atoms with E-state index >= 15 is 0 Å². The van der Waals surface area contributed by atoms with Gasteiger partial charge in [0.25, 0.3) is 5.56 Å². The average molecular weight is 456 g/mol. The summed E-state index contributed by atoms with van der Waals surface area (Å²) in [7, 11) is 0. The maximum atomic E-state index is 13.4. The Morgan fingerprint density at radius 3 is 2.62 bits per heavy atom. The van der Waals surface area contributed by atoms with Crippen LogP contribution in [0.1, 0.15) is 35.6 Å². The van der Waals surface area contributed by atoms with Crippen molar-refractivity contribution in [3.8, 4) is 0 Å². The highest BCUT2D eigenvalue weighted by Crippen LogP contribution is 2.19. The summed E-state index contributed by atoms with van der Waals surface area (Å²) in [5, 5.41) is 4.80. The molecule has 2 N–H and O–H groups in total. The number of ether oxygens (including phenoxy) is 1. The molecule has 0 amide bonds. The first-order valence-corrected chi connectivity index (χ1v) is 11.3. The Hall–Kier alpha value is -2.77. The van der Waals surface area contributed by atoms with Crippen molar-refractivity contribution in [2.24, 2.45) is 0 Å². The van der Waals surface area contributed by atoms with Crippen molar-refractivity contribution in [2.45, 2.75) is 40.3 Å². The molecule has 2 aromatic carbocycles. The van der Waals surface area contributed by atoms with Crippen LogP contribution < -0.4 is 10.9 Å². The highest BCUT2D eigenvalue weighted by atomic mass is 32.1. The van der Waals surface area contributed by atoms with E-state index in [1.807, 2.05) is 31.7 Å². The van der Waals surface area contributed by atoms with Gasteiger partial charge in [0.1, 0.15) is 5.82 Å². The molecular formula is C25H30FN3O2S.